The molecule has 13 heteroatoms. The van der Waals surface area contributed by atoms with Crippen LogP contribution in [-0.4, -0.2) is 20.4 Å². The molecule has 0 aliphatic heterocycles. The maximum atomic E-state index is 12.2. The molecule has 0 aromatic heterocycles. The first kappa shape index (κ1) is 21.2. The first-order valence-corrected chi connectivity index (χ1v) is 7.55. The SMILES string of the molecule is FC(F)(F)Oc1ccc(Cl)c(OBOc2cc(OC(F)(F)F)ccc2Cl)c1. The van der Waals surface area contributed by atoms with E-state index in [-0.39, 0.29) is 21.5 Å². The summed E-state index contributed by atoms with van der Waals surface area (Å²) in [5.41, 5.74) is 0. The molecule has 4 nitrogen and oxygen atoms in total. The van der Waals surface area contributed by atoms with Gasteiger partial charge in [0.1, 0.15) is 23.0 Å². The fourth-order valence-corrected chi connectivity index (χ4v) is 2.08. The number of hydrogen-bond acceptors (Lipinski definition) is 4. The first-order chi connectivity index (χ1) is 12.4. The minimum Gasteiger partial charge on any atom is -0.527 e. The number of rotatable bonds is 6. The Morgan fingerprint density at radius 3 is 1.37 bits per heavy atom. The van der Waals surface area contributed by atoms with Gasteiger partial charge in [-0.3, -0.25) is 0 Å². The Labute approximate surface area is 158 Å². The lowest BCUT2D eigenvalue weighted by Gasteiger charge is -2.14. The Balaban J connectivity index is 2.04. The van der Waals surface area contributed by atoms with Crippen LogP contribution in [0.15, 0.2) is 36.4 Å². The van der Waals surface area contributed by atoms with Crippen molar-refractivity contribution < 1.29 is 45.1 Å². The highest BCUT2D eigenvalue weighted by atomic mass is 35.5. The molecule has 0 aliphatic carbocycles. The van der Waals surface area contributed by atoms with Crippen molar-refractivity contribution in [1.82, 2.24) is 0 Å². The van der Waals surface area contributed by atoms with E-state index in [0.29, 0.717) is 0 Å². The summed E-state index contributed by atoms with van der Waals surface area (Å²) >= 11 is 11.6. The number of halogens is 8. The summed E-state index contributed by atoms with van der Waals surface area (Å²) < 4.78 is 90.9. The third-order valence-corrected chi connectivity index (χ3v) is 3.33. The van der Waals surface area contributed by atoms with Crippen LogP contribution in [0, 0.1) is 0 Å². The fraction of sp³-hybridized carbons (Fsp3) is 0.143. The Morgan fingerprint density at radius 2 is 1.04 bits per heavy atom. The summed E-state index contributed by atoms with van der Waals surface area (Å²) in [7, 11) is -0.621. The van der Waals surface area contributed by atoms with Gasteiger partial charge in [0, 0.05) is 12.1 Å². The molecule has 0 bridgehead atoms. The molecule has 0 aliphatic rings. The fourth-order valence-electron chi connectivity index (χ4n) is 1.74. The summed E-state index contributed by atoms with van der Waals surface area (Å²) in [5.74, 6) is -1.59. The van der Waals surface area contributed by atoms with Crippen molar-refractivity contribution in [2.75, 3.05) is 0 Å². The van der Waals surface area contributed by atoms with Gasteiger partial charge in [-0.2, -0.15) is 0 Å². The van der Waals surface area contributed by atoms with Crippen LogP contribution in [0.2, 0.25) is 10.0 Å². The maximum Gasteiger partial charge on any atom is 0.576 e. The average molecular weight is 435 g/mol. The molecule has 2 rings (SSSR count). The average Bonchev–Trinajstić information content (AvgIpc) is 2.50. The van der Waals surface area contributed by atoms with E-state index in [2.05, 4.69) is 9.47 Å². The third-order valence-electron chi connectivity index (χ3n) is 2.70. The molecule has 0 heterocycles. The number of ether oxygens (including phenoxy) is 2. The molecule has 146 valence electrons. The van der Waals surface area contributed by atoms with E-state index in [0.717, 1.165) is 36.4 Å². The quantitative estimate of drug-likeness (QED) is 0.443. The summed E-state index contributed by atoms with van der Waals surface area (Å²) in [4.78, 5) is 0. The van der Waals surface area contributed by atoms with Gasteiger partial charge in [-0.25, -0.2) is 0 Å². The number of hydrogen-bond donors (Lipinski definition) is 0. The Bertz CT molecular complexity index is 735. The largest absolute Gasteiger partial charge is 0.576 e. The van der Waals surface area contributed by atoms with Crippen molar-refractivity contribution in [1.29, 1.82) is 0 Å². The second-order valence-corrected chi connectivity index (χ2v) is 5.50. The van der Waals surface area contributed by atoms with Crippen molar-refractivity contribution >= 4 is 30.9 Å². The molecule has 0 radical (unpaired) electrons. The highest BCUT2D eigenvalue weighted by Crippen LogP contribution is 2.33. The van der Waals surface area contributed by atoms with E-state index < -0.39 is 31.9 Å². The molecule has 0 atom stereocenters. The monoisotopic (exact) mass is 434 g/mol. The predicted octanol–water partition coefficient (Wildman–Crippen LogP) is 5.51. The highest BCUT2D eigenvalue weighted by molar-refractivity contribution is 6.34. The van der Waals surface area contributed by atoms with E-state index >= 15 is 0 Å². The molecule has 0 unspecified atom stereocenters. The van der Waals surface area contributed by atoms with E-state index in [4.69, 9.17) is 32.5 Å². The van der Waals surface area contributed by atoms with Crippen LogP contribution in [0.4, 0.5) is 26.3 Å². The zero-order valence-electron chi connectivity index (χ0n) is 12.8. The summed E-state index contributed by atoms with van der Waals surface area (Å²) in [6.07, 6.45) is -9.82. The summed E-state index contributed by atoms with van der Waals surface area (Å²) in [6, 6.07) is 5.87. The van der Waals surface area contributed by atoms with Gasteiger partial charge in [-0.05, 0) is 24.3 Å². The van der Waals surface area contributed by atoms with E-state index in [1.54, 1.807) is 0 Å². The molecule has 0 saturated carbocycles. The van der Waals surface area contributed by atoms with E-state index in [9.17, 15) is 26.3 Å². The minimum atomic E-state index is -4.91. The standard InChI is InChI=1S/C14H7BCl2F6O4/c16-9-3-1-7(24-13(18,19)20)5-11(9)26-15-27-12-6-8(2-4-10(12)17)25-14(21,22)23/h1-6,15H. The zero-order chi connectivity index (χ0) is 20.2. The summed E-state index contributed by atoms with van der Waals surface area (Å²) in [5, 5.41) is -0.0956. The van der Waals surface area contributed by atoms with Gasteiger partial charge in [0.05, 0.1) is 10.0 Å². The van der Waals surface area contributed by atoms with Gasteiger partial charge >= 0.3 is 20.4 Å². The van der Waals surface area contributed by atoms with Gasteiger partial charge in [0.25, 0.3) is 0 Å². The Hall–Kier alpha value is -2.14. The van der Waals surface area contributed by atoms with Gasteiger partial charge in [0.2, 0.25) is 0 Å². The molecule has 0 N–H and O–H groups in total. The lowest BCUT2D eigenvalue weighted by molar-refractivity contribution is -0.275. The van der Waals surface area contributed by atoms with Crippen LogP contribution >= 0.6 is 23.2 Å². The Morgan fingerprint density at radius 1 is 0.667 bits per heavy atom. The van der Waals surface area contributed by atoms with E-state index in [1.165, 1.54) is 0 Å². The molecule has 0 spiro atoms. The molecule has 0 saturated heterocycles. The smallest absolute Gasteiger partial charge is 0.527 e. The van der Waals surface area contributed by atoms with Crippen LogP contribution in [-0.2, 0) is 0 Å². The molecular weight excluding hydrogens is 428 g/mol. The lowest BCUT2D eigenvalue weighted by Crippen LogP contribution is -2.18. The number of alkyl halides is 6. The maximum absolute atomic E-state index is 12.2. The second-order valence-electron chi connectivity index (χ2n) is 4.69. The van der Waals surface area contributed by atoms with Crippen molar-refractivity contribution in [3.63, 3.8) is 0 Å². The van der Waals surface area contributed by atoms with Gasteiger partial charge in [-0.15, -0.1) is 26.3 Å². The third kappa shape index (κ3) is 7.18. The number of benzene rings is 2. The molecule has 0 amide bonds. The van der Waals surface area contributed by atoms with Gasteiger partial charge in [-0.1, -0.05) is 23.2 Å². The zero-order valence-corrected chi connectivity index (χ0v) is 14.3. The van der Waals surface area contributed by atoms with Gasteiger partial charge in [0.15, 0.2) is 0 Å². The van der Waals surface area contributed by atoms with Crippen LogP contribution in [0.1, 0.15) is 0 Å². The van der Waals surface area contributed by atoms with Crippen molar-refractivity contribution in [2.24, 2.45) is 0 Å². The van der Waals surface area contributed by atoms with Crippen molar-refractivity contribution in [3.05, 3.63) is 46.4 Å². The van der Waals surface area contributed by atoms with Crippen LogP contribution in [0.25, 0.3) is 0 Å². The topological polar surface area (TPSA) is 36.9 Å². The lowest BCUT2D eigenvalue weighted by atomic mass is 10.2. The van der Waals surface area contributed by atoms with Crippen LogP contribution in [0.3, 0.4) is 0 Å². The molecule has 0 fully saturated rings. The molecule has 2 aromatic rings. The van der Waals surface area contributed by atoms with Crippen LogP contribution in [0.5, 0.6) is 23.0 Å². The van der Waals surface area contributed by atoms with Crippen molar-refractivity contribution in [3.8, 4) is 23.0 Å². The molecule has 27 heavy (non-hydrogen) atoms. The first-order valence-electron chi connectivity index (χ1n) is 6.79. The van der Waals surface area contributed by atoms with E-state index in [1.807, 2.05) is 0 Å². The van der Waals surface area contributed by atoms with Crippen molar-refractivity contribution in [2.45, 2.75) is 12.7 Å². The Kier molecular flexibility index (Phi) is 6.48. The second kappa shape index (κ2) is 8.26. The normalized spacial score (nSPS) is 11.7. The highest BCUT2D eigenvalue weighted by Gasteiger charge is 2.32. The molecular formula is C14H7BCl2F6O4. The van der Waals surface area contributed by atoms with Crippen LogP contribution < -0.4 is 18.8 Å². The van der Waals surface area contributed by atoms with Gasteiger partial charge < -0.3 is 18.8 Å². The predicted molar refractivity (Wildman–Crippen MR) is 84.7 cm³/mol. The minimum absolute atomic E-state index is 0.0478. The molecule has 2 aromatic carbocycles. The summed E-state index contributed by atoms with van der Waals surface area (Å²) in [6.45, 7) is 0.